The summed E-state index contributed by atoms with van der Waals surface area (Å²) >= 11 is 0. The van der Waals surface area contributed by atoms with Crippen LogP contribution < -0.4 is 11.1 Å². The summed E-state index contributed by atoms with van der Waals surface area (Å²) in [6.45, 7) is 2.43. The van der Waals surface area contributed by atoms with Gasteiger partial charge >= 0.3 is 0 Å². The highest BCUT2D eigenvalue weighted by Crippen LogP contribution is 2.24. The Morgan fingerprint density at radius 3 is 2.80 bits per heavy atom. The first kappa shape index (κ1) is 15.9. The normalized spacial score (nSPS) is 35.7. The maximum absolute atomic E-state index is 12.2. The third kappa shape index (κ3) is 4.02. The number of amides is 1. The minimum Gasteiger partial charge on any atom is -0.364 e. The molecule has 1 saturated heterocycles. The average molecular weight is 302 g/mol. The molecule has 1 aliphatic heterocycles. The highest BCUT2D eigenvalue weighted by atomic mass is 32.2. The summed E-state index contributed by atoms with van der Waals surface area (Å²) in [6.07, 6.45) is 5.17. The van der Waals surface area contributed by atoms with Gasteiger partial charge in [-0.3, -0.25) is 9.00 Å². The molecule has 6 heteroatoms. The van der Waals surface area contributed by atoms with Gasteiger partial charge in [-0.25, -0.2) is 0 Å². The zero-order valence-corrected chi connectivity index (χ0v) is 13.0. The summed E-state index contributed by atoms with van der Waals surface area (Å²) in [7, 11) is -0.757. The molecule has 0 aromatic rings. The molecule has 1 saturated carbocycles. The lowest BCUT2D eigenvalue weighted by atomic mass is 9.94. The summed E-state index contributed by atoms with van der Waals surface area (Å²) in [5, 5.41) is 3.31. The van der Waals surface area contributed by atoms with E-state index in [-0.39, 0.29) is 29.4 Å². The smallest absolute Gasteiger partial charge is 0.249 e. The Hall–Kier alpha value is -0.460. The third-order valence-corrected chi connectivity index (χ3v) is 6.03. The number of nitrogens with one attached hydrogen (secondary N) is 1. The van der Waals surface area contributed by atoms with E-state index in [9.17, 15) is 9.00 Å². The van der Waals surface area contributed by atoms with Gasteiger partial charge in [0, 0.05) is 34.4 Å². The summed E-state index contributed by atoms with van der Waals surface area (Å²) in [5.74, 6) is 0.684. The molecule has 20 heavy (non-hydrogen) atoms. The highest BCUT2D eigenvalue weighted by molar-refractivity contribution is 7.85. The van der Waals surface area contributed by atoms with Gasteiger partial charge in [0.25, 0.3) is 0 Å². The van der Waals surface area contributed by atoms with Gasteiger partial charge in [0.15, 0.2) is 0 Å². The second kappa shape index (κ2) is 7.52. The fourth-order valence-electron chi connectivity index (χ4n) is 3.12. The summed E-state index contributed by atoms with van der Waals surface area (Å²) in [5.41, 5.74) is 5.56. The van der Waals surface area contributed by atoms with Crippen molar-refractivity contribution < 1.29 is 13.7 Å². The third-order valence-electron chi connectivity index (χ3n) is 4.29. The summed E-state index contributed by atoms with van der Waals surface area (Å²) in [4.78, 5) is 12.2. The molecule has 2 aliphatic rings. The predicted molar refractivity (Wildman–Crippen MR) is 79.8 cm³/mol. The second-order valence-electron chi connectivity index (χ2n) is 5.72. The van der Waals surface area contributed by atoms with Crippen molar-refractivity contribution in [2.75, 3.05) is 12.3 Å². The quantitative estimate of drug-likeness (QED) is 0.783. The second-order valence-corrected chi connectivity index (χ2v) is 7.73. The van der Waals surface area contributed by atoms with Crippen LogP contribution in [-0.4, -0.2) is 45.9 Å². The molecule has 3 N–H and O–H groups in total. The van der Waals surface area contributed by atoms with Gasteiger partial charge in [0.05, 0.1) is 6.10 Å². The largest absolute Gasteiger partial charge is 0.364 e. The van der Waals surface area contributed by atoms with Crippen LogP contribution in [0.25, 0.3) is 0 Å². The van der Waals surface area contributed by atoms with E-state index in [1.165, 1.54) is 0 Å². The van der Waals surface area contributed by atoms with Crippen LogP contribution in [0.3, 0.4) is 0 Å². The maximum atomic E-state index is 12.2. The van der Waals surface area contributed by atoms with Gasteiger partial charge in [-0.05, 0) is 32.1 Å². The van der Waals surface area contributed by atoms with Gasteiger partial charge in [-0.1, -0.05) is 13.3 Å². The monoisotopic (exact) mass is 302 g/mol. The van der Waals surface area contributed by atoms with Crippen LogP contribution >= 0.6 is 0 Å². The number of hydrogen-bond acceptors (Lipinski definition) is 4. The predicted octanol–water partition coefficient (Wildman–Crippen LogP) is 0.689. The zero-order chi connectivity index (χ0) is 14.5. The minimum atomic E-state index is -0.757. The molecule has 0 aromatic heterocycles. The Morgan fingerprint density at radius 1 is 1.35 bits per heavy atom. The van der Waals surface area contributed by atoms with E-state index < -0.39 is 10.8 Å². The molecular formula is C14H26N2O3S. The molecule has 0 radical (unpaired) electrons. The zero-order valence-electron chi connectivity index (χ0n) is 12.2. The fraction of sp³-hybridized carbons (Fsp3) is 0.929. The van der Waals surface area contributed by atoms with Crippen molar-refractivity contribution in [1.29, 1.82) is 0 Å². The maximum Gasteiger partial charge on any atom is 0.249 e. The molecule has 0 spiro atoms. The standard InChI is InChI=1S/C14H26N2O3S/c1-2-20(18)12-5-3-4-10(8-12)16-14(17)13-7-6-11(9-15)19-13/h10-13H,2-9,15H2,1H3,(H,16,17)/t10?,11-,12?,13+,20?/m1/s1. The van der Waals surface area contributed by atoms with Crippen LogP contribution in [0.5, 0.6) is 0 Å². The van der Waals surface area contributed by atoms with Gasteiger partial charge in [-0.15, -0.1) is 0 Å². The molecule has 5 nitrogen and oxygen atoms in total. The Kier molecular flexibility index (Phi) is 5.99. The first-order valence-electron chi connectivity index (χ1n) is 7.67. The van der Waals surface area contributed by atoms with Crippen molar-refractivity contribution >= 4 is 16.7 Å². The molecular weight excluding hydrogens is 276 g/mol. The number of nitrogens with two attached hydrogens (primary N) is 1. The van der Waals surface area contributed by atoms with Gasteiger partial charge < -0.3 is 15.8 Å². The van der Waals surface area contributed by atoms with E-state index in [2.05, 4.69) is 5.32 Å². The summed E-state index contributed by atoms with van der Waals surface area (Å²) in [6, 6.07) is 0.150. The van der Waals surface area contributed by atoms with Crippen molar-refractivity contribution in [2.24, 2.45) is 5.73 Å². The Bertz CT molecular complexity index is 364. The van der Waals surface area contributed by atoms with Gasteiger partial charge in [0.1, 0.15) is 6.10 Å². The van der Waals surface area contributed by atoms with Crippen molar-refractivity contribution in [3.63, 3.8) is 0 Å². The van der Waals surface area contributed by atoms with E-state index in [1.54, 1.807) is 0 Å². The molecule has 0 aromatic carbocycles. The fourth-order valence-corrected chi connectivity index (χ4v) is 4.46. The number of hydrogen-bond donors (Lipinski definition) is 2. The van der Waals surface area contributed by atoms with Crippen LogP contribution in [0.15, 0.2) is 0 Å². The number of carbonyl (C=O) groups excluding carboxylic acids is 1. The molecule has 5 atom stereocenters. The topological polar surface area (TPSA) is 81.4 Å². The number of carbonyl (C=O) groups is 1. The molecule has 2 rings (SSSR count). The molecule has 3 unspecified atom stereocenters. The molecule has 1 amide bonds. The van der Waals surface area contributed by atoms with E-state index in [0.29, 0.717) is 12.3 Å². The van der Waals surface area contributed by atoms with Crippen molar-refractivity contribution in [3.8, 4) is 0 Å². The Labute approximate surface area is 123 Å². The Balaban J connectivity index is 1.80. The molecule has 0 bridgehead atoms. The van der Waals surface area contributed by atoms with E-state index >= 15 is 0 Å². The molecule has 2 fully saturated rings. The lowest BCUT2D eigenvalue weighted by molar-refractivity contribution is -0.132. The van der Waals surface area contributed by atoms with Crippen LogP contribution in [0.1, 0.15) is 45.4 Å². The van der Waals surface area contributed by atoms with Gasteiger partial charge in [-0.2, -0.15) is 0 Å². The Morgan fingerprint density at radius 2 is 2.15 bits per heavy atom. The van der Waals surface area contributed by atoms with Crippen molar-refractivity contribution in [2.45, 2.75) is 68.9 Å². The van der Waals surface area contributed by atoms with Crippen LogP contribution in [0.4, 0.5) is 0 Å². The summed E-state index contributed by atoms with van der Waals surface area (Å²) < 4.78 is 17.5. The number of rotatable bonds is 5. The molecule has 1 heterocycles. The first-order chi connectivity index (χ1) is 9.63. The highest BCUT2D eigenvalue weighted by Gasteiger charge is 2.32. The van der Waals surface area contributed by atoms with Crippen molar-refractivity contribution in [3.05, 3.63) is 0 Å². The first-order valence-corrected chi connectivity index (χ1v) is 9.05. The van der Waals surface area contributed by atoms with Crippen LogP contribution in [0, 0.1) is 0 Å². The van der Waals surface area contributed by atoms with E-state index in [4.69, 9.17) is 10.5 Å². The van der Waals surface area contributed by atoms with Gasteiger partial charge in [0.2, 0.25) is 5.91 Å². The van der Waals surface area contributed by atoms with Crippen molar-refractivity contribution in [1.82, 2.24) is 5.32 Å². The number of ether oxygens (including phenoxy) is 1. The molecule has 116 valence electrons. The minimum absolute atomic E-state index is 0.0196. The van der Waals surface area contributed by atoms with E-state index in [0.717, 1.165) is 38.5 Å². The lowest BCUT2D eigenvalue weighted by Crippen LogP contribution is -2.45. The average Bonchev–Trinajstić information content (AvgIpc) is 2.95. The molecule has 1 aliphatic carbocycles. The van der Waals surface area contributed by atoms with Crippen LogP contribution in [-0.2, 0) is 20.3 Å². The van der Waals surface area contributed by atoms with E-state index in [1.807, 2.05) is 6.92 Å². The lowest BCUT2D eigenvalue weighted by Gasteiger charge is -2.29. The SMILES string of the molecule is CCS(=O)C1CCCC(NC(=O)[C@@H]2CC[C@H](CN)O2)C1. The van der Waals surface area contributed by atoms with Crippen LogP contribution in [0.2, 0.25) is 0 Å².